The molecule has 0 aliphatic carbocycles. The van der Waals surface area contributed by atoms with Gasteiger partial charge >= 0.3 is 5.97 Å². The molecule has 3 aromatic rings. The molecule has 26 heavy (non-hydrogen) atoms. The van der Waals surface area contributed by atoms with Gasteiger partial charge in [-0.3, -0.25) is 9.59 Å². The molecule has 0 aliphatic heterocycles. The molecule has 0 fully saturated rings. The van der Waals surface area contributed by atoms with Crippen LogP contribution in [0.5, 0.6) is 0 Å². The Hall–Kier alpha value is -3.48. The molecular formula is C19H15FN2O4. The van der Waals surface area contributed by atoms with Crippen LogP contribution in [0.25, 0.3) is 10.9 Å². The summed E-state index contributed by atoms with van der Waals surface area (Å²) in [4.78, 5) is 39.0. The molecular weight excluding hydrogens is 339 g/mol. The Morgan fingerprint density at radius 2 is 1.88 bits per heavy atom. The van der Waals surface area contributed by atoms with Gasteiger partial charge in [-0.15, -0.1) is 0 Å². The minimum Gasteiger partial charge on any atom is -0.462 e. The molecule has 2 N–H and O–H groups in total. The average Bonchev–Trinajstić information content (AvgIpc) is 2.63. The number of H-pyrrole nitrogens is 1. The van der Waals surface area contributed by atoms with E-state index >= 15 is 0 Å². The van der Waals surface area contributed by atoms with Gasteiger partial charge in [0.25, 0.3) is 5.91 Å². The molecule has 0 saturated carbocycles. The van der Waals surface area contributed by atoms with E-state index in [-0.39, 0.29) is 23.1 Å². The summed E-state index contributed by atoms with van der Waals surface area (Å²) < 4.78 is 18.6. The van der Waals surface area contributed by atoms with Crippen molar-refractivity contribution < 1.29 is 18.7 Å². The lowest BCUT2D eigenvalue weighted by Crippen LogP contribution is -2.22. The Bertz CT molecular complexity index is 1040. The fourth-order valence-corrected chi connectivity index (χ4v) is 2.49. The van der Waals surface area contributed by atoms with Crippen molar-refractivity contribution in [3.63, 3.8) is 0 Å². The highest BCUT2D eigenvalue weighted by atomic mass is 19.1. The third-order valence-corrected chi connectivity index (χ3v) is 3.76. The molecule has 7 heteroatoms. The molecule has 0 aliphatic rings. The molecule has 1 heterocycles. The number of carbonyl (C=O) groups is 2. The van der Waals surface area contributed by atoms with E-state index in [1.54, 1.807) is 6.92 Å². The molecule has 0 radical (unpaired) electrons. The Labute approximate surface area is 147 Å². The number of para-hydroxylation sites is 1. The number of aromatic amines is 1. The van der Waals surface area contributed by atoms with Gasteiger partial charge in [-0.2, -0.15) is 0 Å². The highest BCUT2D eigenvalue weighted by Gasteiger charge is 2.15. The van der Waals surface area contributed by atoms with Gasteiger partial charge < -0.3 is 15.0 Å². The lowest BCUT2D eigenvalue weighted by Gasteiger charge is -2.07. The van der Waals surface area contributed by atoms with Gasteiger partial charge in [-0.25, -0.2) is 9.18 Å². The predicted octanol–water partition coefficient (Wildman–Crippen LogP) is 3.10. The lowest BCUT2D eigenvalue weighted by atomic mass is 10.1. The number of fused-ring (bicyclic) bond motifs is 1. The molecule has 6 nitrogen and oxygen atoms in total. The van der Waals surface area contributed by atoms with E-state index < -0.39 is 23.1 Å². The number of nitrogens with one attached hydrogen (secondary N) is 2. The van der Waals surface area contributed by atoms with Gasteiger partial charge in [0.05, 0.1) is 17.7 Å². The van der Waals surface area contributed by atoms with Crippen LogP contribution >= 0.6 is 0 Å². The molecule has 0 unspecified atom stereocenters. The van der Waals surface area contributed by atoms with E-state index in [9.17, 15) is 18.8 Å². The number of carbonyl (C=O) groups excluding carboxylic acids is 2. The molecule has 0 atom stereocenters. The van der Waals surface area contributed by atoms with Gasteiger partial charge in [0.1, 0.15) is 11.4 Å². The van der Waals surface area contributed by atoms with Crippen LogP contribution in [0.1, 0.15) is 27.6 Å². The Balaban J connectivity index is 1.84. The number of esters is 1. The number of hydrogen-bond donors (Lipinski definition) is 2. The molecule has 0 bridgehead atoms. The van der Waals surface area contributed by atoms with E-state index in [0.717, 1.165) is 0 Å². The van der Waals surface area contributed by atoms with Crippen molar-refractivity contribution in [1.82, 2.24) is 4.98 Å². The fourth-order valence-electron chi connectivity index (χ4n) is 2.49. The number of rotatable bonds is 4. The number of halogens is 1. The molecule has 3 rings (SSSR count). The van der Waals surface area contributed by atoms with Crippen molar-refractivity contribution in [2.24, 2.45) is 0 Å². The van der Waals surface area contributed by atoms with Crippen molar-refractivity contribution in [2.75, 3.05) is 11.9 Å². The molecule has 132 valence electrons. The topological polar surface area (TPSA) is 88.3 Å². The first kappa shape index (κ1) is 17.3. The number of amides is 1. The van der Waals surface area contributed by atoms with Crippen molar-refractivity contribution >= 4 is 28.5 Å². The van der Waals surface area contributed by atoms with E-state index in [2.05, 4.69) is 10.3 Å². The minimum absolute atomic E-state index is 0.0489. The first-order valence-electron chi connectivity index (χ1n) is 7.89. The summed E-state index contributed by atoms with van der Waals surface area (Å²) in [7, 11) is 0. The minimum atomic E-state index is -0.638. The van der Waals surface area contributed by atoms with Crippen LogP contribution in [0.3, 0.4) is 0 Å². The van der Waals surface area contributed by atoms with E-state index in [1.165, 1.54) is 48.7 Å². The van der Waals surface area contributed by atoms with Crippen LogP contribution in [0.2, 0.25) is 0 Å². The molecule has 1 aromatic heterocycles. The Kier molecular flexibility index (Phi) is 4.79. The van der Waals surface area contributed by atoms with Gasteiger partial charge in [0.2, 0.25) is 5.43 Å². The standard InChI is InChI=1S/C19H15FN2O4/c1-2-26-19(25)11-6-8-12(9-7-11)22-18(24)14-10-21-16-13(17(14)23)4-3-5-15(16)20/h3-10H,2H2,1H3,(H,21,23)(H,22,24). The van der Waals surface area contributed by atoms with Gasteiger partial charge in [0.15, 0.2) is 0 Å². The normalized spacial score (nSPS) is 10.5. The van der Waals surface area contributed by atoms with Gasteiger partial charge in [0, 0.05) is 17.3 Å². The summed E-state index contributed by atoms with van der Waals surface area (Å²) in [6.07, 6.45) is 1.18. The Morgan fingerprint density at radius 3 is 2.58 bits per heavy atom. The summed E-state index contributed by atoms with van der Waals surface area (Å²) in [5, 5.41) is 2.66. The molecule has 1 amide bonds. The average molecular weight is 354 g/mol. The third-order valence-electron chi connectivity index (χ3n) is 3.76. The lowest BCUT2D eigenvalue weighted by molar-refractivity contribution is 0.0526. The highest BCUT2D eigenvalue weighted by molar-refractivity contribution is 6.05. The zero-order chi connectivity index (χ0) is 18.7. The zero-order valence-electron chi connectivity index (χ0n) is 13.8. The predicted molar refractivity (Wildman–Crippen MR) is 94.9 cm³/mol. The van der Waals surface area contributed by atoms with Crippen LogP contribution in [0.4, 0.5) is 10.1 Å². The first-order valence-corrected chi connectivity index (χ1v) is 7.89. The summed E-state index contributed by atoms with van der Waals surface area (Å²) >= 11 is 0. The zero-order valence-corrected chi connectivity index (χ0v) is 13.8. The van der Waals surface area contributed by atoms with Crippen LogP contribution in [0, 0.1) is 5.82 Å². The molecule has 2 aromatic carbocycles. The number of anilines is 1. The molecule has 0 spiro atoms. The first-order chi connectivity index (χ1) is 12.5. The van der Waals surface area contributed by atoms with Crippen molar-refractivity contribution in [2.45, 2.75) is 6.92 Å². The monoisotopic (exact) mass is 354 g/mol. The summed E-state index contributed by atoms with van der Waals surface area (Å²) in [6, 6.07) is 10.1. The van der Waals surface area contributed by atoms with Crippen LogP contribution in [0.15, 0.2) is 53.5 Å². The smallest absolute Gasteiger partial charge is 0.338 e. The number of hydrogen-bond acceptors (Lipinski definition) is 4. The molecule has 0 saturated heterocycles. The summed E-state index contributed by atoms with van der Waals surface area (Å²) in [5.74, 6) is -1.67. The fraction of sp³-hybridized carbons (Fsp3) is 0.105. The van der Waals surface area contributed by atoms with E-state index in [0.29, 0.717) is 11.3 Å². The number of benzene rings is 2. The van der Waals surface area contributed by atoms with E-state index in [4.69, 9.17) is 4.74 Å². The van der Waals surface area contributed by atoms with Crippen LogP contribution in [-0.2, 0) is 4.74 Å². The van der Waals surface area contributed by atoms with Crippen LogP contribution < -0.4 is 10.7 Å². The Morgan fingerprint density at radius 1 is 1.15 bits per heavy atom. The second-order valence-corrected chi connectivity index (χ2v) is 5.45. The maximum atomic E-state index is 13.7. The number of aromatic nitrogens is 1. The van der Waals surface area contributed by atoms with Gasteiger partial charge in [-0.05, 0) is 43.3 Å². The largest absolute Gasteiger partial charge is 0.462 e. The maximum absolute atomic E-state index is 13.7. The van der Waals surface area contributed by atoms with Crippen molar-refractivity contribution in [3.05, 3.63) is 75.8 Å². The quantitative estimate of drug-likeness (QED) is 0.705. The second kappa shape index (κ2) is 7.18. The summed E-state index contributed by atoms with van der Waals surface area (Å²) in [5.41, 5.74) is 0.0926. The third kappa shape index (κ3) is 3.32. The summed E-state index contributed by atoms with van der Waals surface area (Å²) in [6.45, 7) is 1.97. The number of ether oxygens (including phenoxy) is 1. The number of pyridine rings is 1. The SMILES string of the molecule is CCOC(=O)c1ccc(NC(=O)c2c[nH]c3c(F)cccc3c2=O)cc1. The van der Waals surface area contributed by atoms with Crippen molar-refractivity contribution in [3.8, 4) is 0 Å². The van der Waals surface area contributed by atoms with Crippen molar-refractivity contribution in [1.29, 1.82) is 0 Å². The van der Waals surface area contributed by atoms with Crippen LogP contribution in [-0.4, -0.2) is 23.5 Å². The highest BCUT2D eigenvalue weighted by Crippen LogP contribution is 2.14. The second-order valence-electron chi connectivity index (χ2n) is 5.45. The van der Waals surface area contributed by atoms with E-state index in [1.807, 2.05) is 0 Å². The van der Waals surface area contributed by atoms with Gasteiger partial charge in [-0.1, -0.05) is 6.07 Å². The maximum Gasteiger partial charge on any atom is 0.338 e.